The lowest BCUT2D eigenvalue weighted by Crippen LogP contribution is -2.39. The van der Waals surface area contributed by atoms with Gasteiger partial charge in [-0.2, -0.15) is 0 Å². The quantitative estimate of drug-likeness (QED) is 0.627. The monoisotopic (exact) mass is 218 g/mol. The van der Waals surface area contributed by atoms with E-state index in [0.29, 0.717) is 6.42 Å². The molecule has 1 amide bonds. The molecule has 0 aliphatic carbocycles. The summed E-state index contributed by atoms with van der Waals surface area (Å²) in [6.07, 6.45) is -0.00324. The molecule has 1 heterocycles. The molecular weight excluding hydrogens is 200 g/mol. The van der Waals surface area contributed by atoms with Crippen LogP contribution in [0, 0.1) is 5.92 Å². The van der Waals surface area contributed by atoms with E-state index in [0.717, 1.165) is 0 Å². The highest BCUT2D eigenvalue weighted by molar-refractivity contribution is 5.74. The number of hydrogen-bond acceptors (Lipinski definition) is 5. The molecule has 6 nitrogen and oxygen atoms in total. The molecule has 4 N–H and O–H groups in total. The summed E-state index contributed by atoms with van der Waals surface area (Å²) >= 11 is 0. The first-order chi connectivity index (χ1) is 7.08. The minimum absolute atomic E-state index is 0.0625. The zero-order valence-electron chi connectivity index (χ0n) is 9.01. The number of carbonyl (C=O) groups is 1. The van der Waals surface area contributed by atoms with E-state index in [1.807, 2.05) is 0 Å². The van der Waals surface area contributed by atoms with Gasteiger partial charge in [0.1, 0.15) is 0 Å². The maximum Gasteiger partial charge on any atom is 0.218 e. The second kappa shape index (κ2) is 5.41. The number of primary amides is 1. The molecule has 88 valence electrons. The van der Waals surface area contributed by atoms with Gasteiger partial charge < -0.3 is 25.7 Å². The van der Waals surface area contributed by atoms with Gasteiger partial charge in [0.2, 0.25) is 5.91 Å². The highest BCUT2D eigenvalue weighted by atomic mass is 16.8. The molecule has 6 heteroatoms. The number of methoxy groups -OCH3 is 2. The van der Waals surface area contributed by atoms with Crippen molar-refractivity contribution in [2.45, 2.75) is 31.5 Å². The first kappa shape index (κ1) is 12.4. The maximum atomic E-state index is 10.7. The molecule has 1 saturated heterocycles. The lowest BCUT2D eigenvalue weighted by molar-refractivity contribution is -0.194. The van der Waals surface area contributed by atoms with Crippen molar-refractivity contribution in [1.29, 1.82) is 0 Å². The number of ether oxygens (including phenoxy) is 3. The van der Waals surface area contributed by atoms with E-state index in [-0.39, 0.29) is 24.7 Å². The van der Waals surface area contributed by atoms with E-state index in [4.69, 9.17) is 25.7 Å². The summed E-state index contributed by atoms with van der Waals surface area (Å²) in [6, 6.07) is -0.354. The van der Waals surface area contributed by atoms with Gasteiger partial charge in [0.15, 0.2) is 12.6 Å². The molecule has 0 saturated carbocycles. The summed E-state index contributed by atoms with van der Waals surface area (Å²) in [7, 11) is 3.09. The lowest BCUT2D eigenvalue weighted by atomic mass is 9.95. The van der Waals surface area contributed by atoms with E-state index in [9.17, 15) is 4.79 Å². The Bertz CT molecular complexity index is 224. The van der Waals surface area contributed by atoms with Crippen molar-refractivity contribution in [3.8, 4) is 0 Å². The predicted octanol–water partition coefficient (Wildman–Crippen LogP) is -0.829. The summed E-state index contributed by atoms with van der Waals surface area (Å²) in [6.45, 7) is 0. The summed E-state index contributed by atoms with van der Waals surface area (Å²) in [5.41, 5.74) is 10.9. The van der Waals surface area contributed by atoms with E-state index >= 15 is 0 Å². The largest absolute Gasteiger partial charge is 0.370 e. The molecule has 0 aromatic heterocycles. The third-order valence-corrected chi connectivity index (χ3v) is 2.58. The molecule has 1 aliphatic heterocycles. The normalized spacial score (nSPS) is 32.9. The maximum absolute atomic E-state index is 10.7. The van der Waals surface area contributed by atoms with Crippen LogP contribution in [0.3, 0.4) is 0 Å². The fourth-order valence-electron chi connectivity index (χ4n) is 1.78. The molecule has 0 aromatic rings. The fourth-order valence-corrected chi connectivity index (χ4v) is 1.78. The van der Waals surface area contributed by atoms with Crippen LogP contribution in [0.1, 0.15) is 12.8 Å². The molecular formula is C9H18N2O4. The first-order valence-electron chi connectivity index (χ1n) is 4.83. The Morgan fingerprint density at radius 2 is 2.20 bits per heavy atom. The third-order valence-electron chi connectivity index (χ3n) is 2.58. The Kier molecular flexibility index (Phi) is 4.46. The Morgan fingerprint density at radius 1 is 1.53 bits per heavy atom. The van der Waals surface area contributed by atoms with Gasteiger partial charge in [-0.1, -0.05) is 0 Å². The van der Waals surface area contributed by atoms with Crippen LogP contribution < -0.4 is 11.5 Å². The lowest BCUT2D eigenvalue weighted by Gasteiger charge is -2.21. The molecule has 1 rings (SSSR count). The first-order valence-corrected chi connectivity index (χ1v) is 4.83. The molecule has 1 fully saturated rings. The molecule has 0 bridgehead atoms. The van der Waals surface area contributed by atoms with E-state index in [1.54, 1.807) is 7.11 Å². The molecule has 1 aliphatic rings. The third kappa shape index (κ3) is 3.13. The van der Waals surface area contributed by atoms with Crippen LogP contribution in [-0.4, -0.2) is 38.7 Å². The van der Waals surface area contributed by atoms with Crippen molar-refractivity contribution >= 4 is 5.91 Å². The van der Waals surface area contributed by atoms with Crippen molar-refractivity contribution in [3.63, 3.8) is 0 Å². The van der Waals surface area contributed by atoms with Gasteiger partial charge in [0.05, 0.1) is 0 Å². The van der Waals surface area contributed by atoms with Gasteiger partial charge in [0.25, 0.3) is 0 Å². The van der Waals surface area contributed by atoms with E-state index in [2.05, 4.69) is 0 Å². The highest BCUT2D eigenvalue weighted by Crippen LogP contribution is 2.30. The van der Waals surface area contributed by atoms with Crippen molar-refractivity contribution < 1.29 is 19.0 Å². The number of hydrogen-bond donors (Lipinski definition) is 2. The Labute approximate surface area is 88.8 Å². The average Bonchev–Trinajstić information content (AvgIpc) is 2.59. The number of amides is 1. The Balaban J connectivity index is 2.55. The summed E-state index contributed by atoms with van der Waals surface area (Å²) in [4.78, 5) is 10.7. The standard InChI is InChI=1S/C9H18N2O4/c1-13-8-3-5(9(14-2)15-8)6(10)4-7(11)12/h5-6,8-9H,3-4,10H2,1-2H3,(H2,11,12). The SMILES string of the molecule is COC1CC(C(N)CC(N)=O)C(OC)O1. The van der Waals surface area contributed by atoms with E-state index in [1.165, 1.54) is 7.11 Å². The van der Waals surface area contributed by atoms with Gasteiger partial charge >= 0.3 is 0 Å². The zero-order chi connectivity index (χ0) is 11.4. The van der Waals surface area contributed by atoms with Crippen LogP contribution in [-0.2, 0) is 19.0 Å². The van der Waals surface area contributed by atoms with Gasteiger partial charge in [0, 0.05) is 39.0 Å². The van der Waals surface area contributed by atoms with Crippen molar-refractivity contribution in [2.75, 3.05) is 14.2 Å². The summed E-state index contributed by atoms with van der Waals surface area (Å²) in [5, 5.41) is 0. The number of nitrogens with two attached hydrogens (primary N) is 2. The Morgan fingerprint density at radius 3 is 2.67 bits per heavy atom. The fraction of sp³-hybridized carbons (Fsp3) is 0.889. The number of rotatable bonds is 5. The van der Waals surface area contributed by atoms with Crippen molar-refractivity contribution in [2.24, 2.45) is 17.4 Å². The predicted molar refractivity (Wildman–Crippen MR) is 52.6 cm³/mol. The topological polar surface area (TPSA) is 96.8 Å². The smallest absolute Gasteiger partial charge is 0.218 e. The van der Waals surface area contributed by atoms with Gasteiger partial charge in [-0.25, -0.2) is 0 Å². The molecule has 0 radical (unpaired) electrons. The van der Waals surface area contributed by atoms with Crippen LogP contribution in [0.25, 0.3) is 0 Å². The highest BCUT2D eigenvalue weighted by Gasteiger charge is 2.39. The van der Waals surface area contributed by atoms with Crippen LogP contribution in [0.5, 0.6) is 0 Å². The molecule has 0 aromatic carbocycles. The Hall–Kier alpha value is -0.690. The molecule has 0 spiro atoms. The zero-order valence-corrected chi connectivity index (χ0v) is 9.01. The van der Waals surface area contributed by atoms with Gasteiger partial charge in [-0.3, -0.25) is 4.79 Å². The molecule has 15 heavy (non-hydrogen) atoms. The van der Waals surface area contributed by atoms with Crippen LogP contribution in [0.15, 0.2) is 0 Å². The second-order valence-corrected chi connectivity index (χ2v) is 3.64. The van der Waals surface area contributed by atoms with E-state index < -0.39 is 12.2 Å². The van der Waals surface area contributed by atoms with Crippen LogP contribution in [0.2, 0.25) is 0 Å². The van der Waals surface area contributed by atoms with Crippen LogP contribution in [0.4, 0.5) is 0 Å². The average molecular weight is 218 g/mol. The van der Waals surface area contributed by atoms with Crippen molar-refractivity contribution in [3.05, 3.63) is 0 Å². The van der Waals surface area contributed by atoms with Gasteiger partial charge in [-0.05, 0) is 0 Å². The summed E-state index contributed by atoms with van der Waals surface area (Å²) in [5.74, 6) is -0.481. The van der Waals surface area contributed by atoms with Gasteiger partial charge in [-0.15, -0.1) is 0 Å². The molecule has 4 atom stereocenters. The van der Waals surface area contributed by atoms with Crippen molar-refractivity contribution in [1.82, 2.24) is 0 Å². The summed E-state index contributed by atoms with van der Waals surface area (Å²) < 4.78 is 15.6. The number of carbonyl (C=O) groups excluding carboxylic acids is 1. The second-order valence-electron chi connectivity index (χ2n) is 3.64. The minimum Gasteiger partial charge on any atom is -0.370 e. The minimum atomic E-state index is -0.427. The molecule has 4 unspecified atom stereocenters. The van der Waals surface area contributed by atoms with Crippen LogP contribution >= 0.6 is 0 Å².